The number of hydrogen-bond acceptors (Lipinski definition) is 4. The zero-order valence-corrected chi connectivity index (χ0v) is 9.82. The summed E-state index contributed by atoms with van der Waals surface area (Å²) in [6.07, 6.45) is 4.50. The van der Waals surface area contributed by atoms with Crippen molar-refractivity contribution in [2.24, 2.45) is 12.9 Å². The number of rotatable bonds is 5. The smallest absolute Gasteiger partial charge is 0.129 e. The zero-order chi connectivity index (χ0) is 11.5. The summed E-state index contributed by atoms with van der Waals surface area (Å²) in [5.74, 6) is 6.47. The summed E-state index contributed by atoms with van der Waals surface area (Å²) in [6.45, 7) is 4.09. The average Bonchev–Trinajstić information content (AvgIpc) is 2.66. The van der Waals surface area contributed by atoms with Crippen LogP contribution < -0.4 is 11.3 Å². The molecule has 1 rings (SSSR count). The van der Waals surface area contributed by atoms with E-state index in [0.29, 0.717) is 0 Å². The predicted octanol–water partition coefficient (Wildman–Crippen LogP) is 0.740. The van der Waals surface area contributed by atoms with Gasteiger partial charge in [0.2, 0.25) is 0 Å². The van der Waals surface area contributed by atoms with Crippen LogP contribution in [0.4, 0.5) is 0 Å². The molecule has 86 valence electrons. The number of imidazole rings is 1. The molecule has 2 unspecified atom stereocenters. The Morgan fingerprint density at radius 1 is 1.73 bits per heavy atom. The first-order valence-corrected chi connectivity index (χ1v) is 5.07. The van der Waals surface area contributed by atoms with Gasteiger partial charge in [0.05, 0.1) is 5.60 Å². The Hall–Kier alpha value is -0.910. The number of nitrogens with zero attached hydrogens (tertiary/aromatic N) is 2. The van der Waals surface area contributed by atoms with Crippen LogP contribution in [0.1, 0.15) is 32.1 Å². The van der Waals surface area contributed by atoms with Crippen molar-refractivity contribution >= 4 is 0 Å². The van der Waals surface area contributed by atoms with Crippen molar-refractivity contribution in [3.8, 4) is 0 Å². The first-order chi connectivity index (χ1) is 7.09. The van der Waals surface area contributed by atoms with Gasteiger partial charge in [-0.3, -0.25) is 5.84 Å². The summed E-state index contributed by atoms with van der Waals surface area (Å²) >= 11 is 0. The molecule has 5 heteroatoms. The second kappa shape index (κ2) is 4.74. The molecule has 2 atom stereocenters. The topological polar surface area (TPSA) is 65.1 Å². The van der Waals surface area contributed by atoms with Crippen LogP contribution >= 0.6 is 0 Å². The lowest BCUT2D eigenvalue weighted by Gasteiger charge is -2.34. The Morgan fingerprint density at radius 3 is 2.73 bits per heavy atom. The lowest BCUT2D eigenvalue weighted by atomic mass is 9.93. The van der Waals surface area contributed by atoms with Crippen molar-refractivity contribution in [1.82, 2.24) is 15.0 Å². The second-order valence-electron chi connectivity index (χ2n) is 3.87. The maximum absolute atomic E-state index is 5.59. The fourth-order valence-corrected chi connectivity index (χ4v) is 1.65. The number of nitrogens with two attached hydrogens (primary N) is 1. The lowest BCUT2D eigenvalue weighted by Crippen LogP contribution is -2.46. The van der Waals surface area contributed by atoms with Gasteiger partial charge in [-0.05, 0) is 13.3 Å². The van der Waals surface area contributed by atoms with E-state index in [9.17, 15) is 0 Å². The molecule has 0 radical (unpaired) electrons. The summed E-state index contributed by atoms with van der Waals surface area (Å²) in [5.41, 5.74) is 2.43. The maximum atomic E-state index is 5.59. The third kappa shape index (κ3) is 2.19. The Morgan fingerprint density at radius 2 is 2.40 bits per heavy atom. The molecular weight excluding hydrogens is 192 g/mol. The molecule has 5 nitrogen and oxygen atoms in total. The number of nitrogens with one attached hydrogen (secondary N) is 1. The standard InChI is InChI=1S/C10H20N4O/c1-5-10(2,15-4)8(13-11)9-12-6-7-14(9)3/h6-8,13H,5,11H2,1-4H3. The first kappa shape index (κ1) is 12.2. The molecule has 1 aromatic rings. The van der Waals surface area contributed by atoms with Gasteiger partial charge in [0.25, 0.3) is 0 Å². The Balaban J connectivity index is 3.03. The number of ether oxygens (including phenoxy) is 1. The Bertz CT molecular complexity index is 306. The van der Waals surface area contributed by atoms with Crippen molar-refractivity contribution < 1.29 is 4.74 Å². The zero-order valence-electron chi connectivity index (χ0n) is 9.82. The van der Waals surface area contributed by atoms with E-state index in [1.807, 2.05) is 24.7 Å². The van der Waals surface area contributed by atoms with Crippen LogP contribution in [0.5, 0.6) is 0 Å². The minimum Gasteiger partial charge on any atom is -0.376 e. The van der Waals surface area contributed by atoms with Gasteiger partial charge in [-0.15, -0.1) is 0 Å². The van der Waals surface area contributed by atoms with Crippen LogP contribution in [-0.2, 0) is 11.8 Å². The van der Waals surface area contributed by atoms with Crippen molar-refractivity contribution in [2.45, 2.75) is 31.9 Å². The summed E-state index contributed by atoms with van der Waals surface area (Å²) in [6, 6.07) is -0.118. The van der Waals surface area contributed by atoms with Gasteiger partial charge in [0.1, 0.15) is 11.9 Å². The van der Waals surface area contributed by atoms with Crippen LogP contribution in [0.3, 0.4) is 0 Å². The average molecular weight is 212 g/mol. The Kier molecular flexibility index (Phi) is 3.84. The molecule has 1 heterocycles. The molecule has 0 aliphatic rings. The second-order valence-corrected chi connectivity index (χ2v) is 3.87. The highest BCUT2D eigenvalue weighted by Gasteiger charge is 2.35. The third-order valence-corrected chi connectivity index (χ3v) is 3.06. The molecule has 0 aliphatic carbocycles. The van der Waals surface area contributed by atoms with Crippen molar-refractivity contribution in [3.63, 3.8) is 0 Å². The predicted molar refractivity (Wildman–Crippen MR) is 59.0 cm³/mol. The molecule has 0 aromatic carbocycles. The molecule has 0 spiro atoms. The van der Waals surface area contributed by atoms with Crippen molar-refractivity contribution in [1.29, 1.82) is 0 Å². The molecule has 0 amide bonds. The van der Waals surface area contributed by atoms with Gasteiger partial charge in [-0.2, -0.15) is 0 Å². The van der Waals surface area contributed by atoms with Crippen LogP contribution in [0, 0.1) is 0 Å². The van der Waals surface area contributed by atoms with Gasteiger partial charge in [-0.1, -0.05) is 6.92 Å². The van der Waals surface area contributed by atoms with Gasteiger partial charge in [-0.25, -0.2) is 10.4 Å². The highest BCUT2D eigenvalue weighted by atomic mass is 16.5. The molecule has 0 aliphatic heterocycles. The molecule has 1 aromatic heterocycles. The van der Waals surface area contributed by atoms with Gasteiger partial charge >= 0.3 is 0 Å². The highest BCUT2D eigenvalue weighted by molar-refractivity contribution is 5.05. The summed E-state index contributed by atoms with van der Waals surface area (Å²) < 4.78 is 7.46. The third-order valence-electron chi connectivity index (χ3n) is 3.06. The summed E-state index contributed by atoms with van der Waals surface area (Å²) in [5, 5.41) is 0. The van der Waals surface area contributed by atoms with Crippen LogP contribution in [0.2, 0.25) is 0 Å². The molecule has 0 fully saturated rings. The number of methoxy groups -OCH3 is 1. The van der Waals surface area contributed by atoms with Gasteiger partial charge < -0.3 is 9.30 Å². The lowest BCUT2D eigenvalue weighted by molar-refractivity contribution is -0.0330. The number of hydrogen-bond donors (Lipinski definition) is 2. The van der Waals surface area contributed by atoms with E-state index in [4.69, 9.17) is 10.6 Å². The summed E-state index contributed by atoms with van der Waals surface area (Å²) in [4.78, 5) is 4.29. The molecule has 0 saturated carbocycles. The fraction of sp³-hybridized carbons (Fsp3) is 0.700. The number of hydrazine groups is 1. The van der Waals surface area contributed by atoms with Gasteiger partial charge in [0.15, 0.2) is 0 Å². The van der Waals surface area contributed by atoms with Crippen molar-refractivity contribution in [3.05, 3.63) is 18.2 Å². The fourth-order valence-electron chi connectivity index (χ4n) is 1.65. The molecule has 0 saturated heterocycles. The van der Waals surface area contributed by atoms with E-state index in [-0.39, 0.29) is 11.6 Å². The first-order valence-electron chi connectivity index (χ1n) is 5.07. The van der Waals surface area contributed by atoms with E-state index in [2.05, 4.69) is 17.3 Å². The van der Waals surface area contributed by atoms with E-state index in [1.54, 1.807) is 13.3 Å². The van der Waals surface area contributed by atoms with Crippen LogP contribution in [0.15, 0.2) is 12.4 Å². The minimum atomic E-state index is -0.353. The Labute approximate surface area is 90.6 Å². The minimum absolute atomic E-state index is 0.118. The van der Waals surface area contributed by atoms with E-state index < -0.39 is 0 Å². The summed E-state index contributed by atoms with van der Waals surface area (Å²) in [7, 11) is 3.63. The molecule has 15 heavy (non-hydrogen) atoms. The SMILES string of the molecule is CCC(C)(OC)C(NN)c1nccn1C. The van der Waals surface area contributed by atoms with E-state index in [1.165, 1.54) is 0 Å². The van der Waals surface area contributed by atoms with Gasteiger partial charge in [0, 0.05) is 26.6 Å². The largest absolute Gasteiger partial charge is 0.376 e. The van der Waals surface area contributed by atoms with E-state index >= 15 is 0 Å². The highest BCUT2D eigenvalue weighted by Crippen LogP contribution is 2.29. The van der Waals surface area contributed by atoms with Crippen molar-refractivity contribution in [2.75, 3.05) is 7.11 Å². The van der Waals surface area contributed by atoms with E-state index in [0.717, 1.165) is 12.2 Å². The monoisotopic (exact) mass is 212 g/mol. The maximum Gasteiger partial charge on any atom is 0.129 e. The number of aryl methyl sites for hydroxylation is 1. The quantitative estimate of drug-likeness (QED) is 0.558. The number of aromatic nitrogens is 2. The molecule has 3 N–H and O–H groups in total. The molecule has 0 bridgehead atoms. The molecular formula is C10H20N4O. The van der Waals surface area contributed by atoms with Crippen LogP contribution in [0.25, 0.3) is 0 Å². The normalized spacial score (nSPS) is 17.4. The van der Waals surface area contributed by atoms with Crippen LogP contribution in [-0.4, -0.2) is 22.3 Å².